The van der Waals surface area contributed by atoms with Gasteiger partial charge in [-0.2, -0.15) is 0 Å². The fraction of sp³-hybridized carbons (Fsp3) is 0.444. The highest BCUT2D eigenvalue weighted by molar-refractivity contribution is 7.14. The van der Waals surface area contributed by atoms with Gasteiger partial charge in [0.25, 0.3) is 0 Å². The first-order valence-corrected chi connectivity index (χ1v) is 9.09. The Hall–Kier alpha value is -1.88. The van der Waals surface area contributed by atoms with Crippen LogP contribution in [0.1, 0.15) is 38.2 Å². The van der Waals surface area contributed by atoms with Crippen molar-refractivity contribution < 1.29 is 4.79 Å². The molecule has 1 amide bonds. The number of hydrogen-bond acceptors (Lipinski definition) is 4. The summed E-state index contributed by atoms with van der Waals surface area (Å²) in [6.45, 7) is 6.84. The first kappa shape index (κ1) is 16.0. The van der Waals surface area contributed by atoms with Crippen LogP contribution in [0.3, 0.4) is 0 Å². The Morgan fingerprint density at radius 3 is 2.74 bits per heavy atom. The lowest BCUT2D eigenvalue weighted by Crippen LogP contribution is -2.37. The van der Waals surface area contributed by atoms with Crippen LogP contribution in [0, 0.1) is 0 Å². The van der Waals surface area contributed by atoms with E-state index in [9.17, 15) is 4.79 Å². The van der Waals surface area contributed by atoms with Crippen LogP contribution in [-0.4, -0.2) is 30.5 Å². The van der Waals surface area contributed by atoms with Crippen LogP contribution in [0.15, 0.2) is 29.6 Å². The molecule has 1 aliphatic heterocycles. The van der Waals surface area contributed by atoms with E-state index in [1.165, 1.54) is 5.56 Å². The molecule has 1 saturated heterocycles. The molecule has 0 unspecified atom stereocenters. The first-order valence-electron chi connectivity index (χ1n) is 8.21. The fourth-order valence-electron chi connectivity index (χ4n) is 2.71. The van der Waals surface area contributed by atoms with Gasteiger partial charge in [-0.3, -0.25) is 4.79 Å². The van der Waals surface area contributed by atoms with Crippen molar-refractivity contribution in [3.8, 4) is 11.3 Å². The zero-order chi connectivity index (χ0) is 16.2. The van der Waals surface area contributed by atoms with E-state index in [0.29, 0.717) is 12.3 Å². The Morgan fingerprint density at radius 1 is 1.22 bits per heavy atom. The zero-order valence-corrected chi connectivity index (χ0v) is 14.5. The average Bonchev–Trinajstić information content (AvgIpc) is 3.01. The number of hydrogen-bond donors (Lipinski definition) is 1. The SMILES string of the molecule is CC(C)c1ccc(-c2csc(N3CCCNC(=O)CC3)n2)cc1. The number of thiazole rings is 1. The summed E-state index contributed by atoms with van der Waals surface area (Å²) in [7, 11) is 0. The standard InChI is InChI=1S/C18H23N3OS/c1-13(2)14-4-6-15(7-5-14)16-12-23-18(20-16)21-10-3-9-19-17(22)8-11-21/h4-7,12-13H,3,8-11H2,1-2H3,(H,19,22). The molecule has 3 rings (SSSR count). The van der Waals surface area contributed by atoms with E-state index in [4.69, 9.17) is 4.98 Å². The molecule has 0 bridgehead atoms. The number of carbonyl (C=O) groups excluding carboxylic acids is 1. The van der Waals surface area contributed by atoms with Gasteiger partial charge in [0, 0.05) is 37.0 Å². The maximum Gasteiger partial charge on any atom is 0.221 e. The number of carbonyl (C=O) groups is 1. The molecule has 0 atom stereocenters. The van der Waals surface area contributed by atoms with Crippen molar-refractivity contribution in [3.05, 3.63) is 35.2 Å². The summed E-state index contributed by atoms with van der Waals surface area (Å²) >= 11 is 1.66. The van der Waals surface area contributed by atoms with Gasteiger partial charge in [-0.15, -0.1) is 11.3 Å². The van der Waals surface area contributed by atoms with Gasteiger partial charge < -0.3 is 10.2 Å². The molecule has 1 aliphatic rings. The molecule has 1 fully saturated rings. The molecule has 1 aromatic heterocycles. The molecule has 1 N–H and O–H groups in total. The number of nitrogens with zero attached hydrogens (tertiary/aromatic N) is 2. The summed E-state index contributed by atoms with van der Waals surface area (Å²) in [5, 5.41) is 6.05. The predicted molar refractivity (Wildman–Crippen MR) is 96.1 cm³/mol. The van der Waals surface area contributed by atoms with E-state index in [1.54, 1.807) is 11.3 Å². The molecule has 2 heterocycles. The minimum Gasteiger partial charge on any atom is -0.356 e. The molecule has 5 heteroatoms. The number of amides is 1. The van der Waals surface area contributed by atoms with Gasteiger partial charge in [0.15, 0.2) is 5.13 Å². The molecule has 1 aromatic carbocycles. The smallest absolute Gasteiger partial charge is 0.221 e. The molecule has 2 aromatic rings. The molecule has 23 heavy (non-hydrogen) atoms. The van der Waals surface area contributed by atoms with Gasteiger partial charge in [-0.25, -0.2) is 4.98 Å². The van der Waals surface area contributed by atoms with Crippen molar-refractivity contribution in [3.63, 3.8) is 0 Å². The second kappa shape index (κ2) is 7.13. The molecule has 0 saturated carbocycles. The van der Waals surface area contributed by atoms with Crippen LogP contribution < -0.4 is 10.2 Å². The highest BCUT2D eigenvalue weighted by Gasteiger charge is 2.16. The lowest BCUT2D eigenvalue weighted by Gasteiger charge is -2.24. The van der Waals surface area contributed by atoms with E-state index < -0.39 is 0 Å². The van der Waals surface area contributed by atoms with Gasteiger partial charge in [-0.05, 0) is 17.9 Å². The summed E-state index contributed by atoms with van der Waals surface area (Å²) in [5.74, 6) is 0.679. The van der Waals surface area contributed by atoms with E-state index in [2.05, 4.69) is 53.7 Å². The summed E-state index contributed by atoms with van der Waals surface area (Å²) < 4.78 is 0. The fourth-order valence-corrected chi connectivity index (χ4v) is 3.60. The van der Waals surface area contributed by atoms with Crippen molar-refractivity contribution in [2.24, 2.45) is 0 Å². The summed E-state index contributed by atoms with van der Waals surface area (Å²) in [6.07, 6.45) is 1.50. The van der Waals surface area contributed by atoms with Crippen molar-refractivity contribution in [2.75, 3.05) is 24.5 Å². The van der Waals surface area contributed by atoms with E-state index in [-0.39, 0.29) is 5.91 Å². The third kappa shape index (κ3) is 3.91. The van der Waals surface area contributed by atoms with Crippen LogP contribution in [0.4, 0.5) is 5.13 Å². The van der Waals surface area contributed by atoms with Crippen LogP contribution in [0.5, 0.6) is 0 Å². The van der Waals surface area contributed by atoms with E-state index >= 15 is 0 Å². The summed E-state index contributed by atoms with van der Waals surface area (Å²) in [4.78, 5) is 18.6. The molecule has 0 aliphatic carbocycles. The maximum absolute atomic E-state index is 11.6. The Kier molecular flexibility index (Phi) is 4.96. The molecular formula is C18H23N3OS. The van der Waals surface area contributed by atoms with E-state index in [0.717, 1.165) is 42.4 Å². The van der Waals surface area contributed by atoms with Crippen molar-refractivity contribution >= 4 is 22.4 Å². The average molecular weight is 329 g/mol. The minimum atomic E-state index is 0.135. The lowest BCUT2D eigenvalue weighted by molar-refractivity contribution is -0.121. The third-order valence-electron chi connectivity index (χ3n) is 4.17. The normalized spacial score (nSPS) is 16.1. The molecule has 0 spiro atoms. The predicted octanol–water partition coefficient (Wildman–Crippen LogP) is 3.65. The van der Waals surface area contributed by atoms with Gasteiger partial charge in [-0.1, -0.05) is 38.1 Å². The first-order chi connectivity index (χ1) is 11.1. The van der Waals surface area contributed by atoms with Crippen LogP contribution >= 0.6 is 11.3 Å². The third-order valence-corrected chi connectivity index (χ3v) is 5.07. The van der Waals surface area contributed by atoms with Crippen LogP contribution in [-0.2, 0) is 4.79 Å². The molecule has 4 nitrogen and oxygen atoms in total. The van der Waals surface area contributed by atoms with Crippen LogP contribution in [0.2, 0.25) is 0 Å². The largest absolute Gasteiger partial charge is 0.356 e. The monoisotopic (exact) mass is 329 g/mol. The Balaban J connectivity index is 1.75. The number of nitrogens with one attached hydrogen (secondary N) is 1. The number of anilines is 1. The van der Waals surface area contributed by atoms with Gasteiger partial charge in [0.2, 0.25) is 5.91 Å². The van der Waals surface area contributed by atoms with Gasteiger partial charge in [0.05, 0.1) is 5.69 Å². The Morgan fingerprint density at radius 2 is 2.00 bits per heavy atom. The van der Waals surface area contributed by atoms with Gasteiger partial charge >= 0.3 is 0 Å². The van der Waals surface area contributed by atoms with Gasteiger partial charge in [0.1, 0.15) is 0 Å². The number of rotatable bonds is 3. The van der Waals surface area contributed by atoms with Crippen molar-refractivity contribution in [1.82, 2.24) is 10.3 Å². The highest BCUT2D eigenvalue weighted by Crippen LogP contribution is 2.29. The summed E-state index contributed by atoms with van der Waals surface area (Å²) in [5.41, 5.74) is 3.52. The molecular weight excluding hydrogens is 306 g/mol. The topological polar surface area (TPSA) is 45.2 Å². The molecule has 0 radical (unpaired) electrons. The summed E-state index contributed by atoms with van der Waals surface area (Å²) in [6, 6.07) is 8.66. The zero-order valence-electron chi connectivity index (χ0n) is 13.7. The number of benzene rings is 1. The lowest BCUT2D eigenvalue weighted by atomic mass is 10.0. The molecule has 122 valence electrons. The van der Waals surface area contributed by atoms with Crippen LogP contribution in [0.25, 0.3) is 11.3 Å². The Labute approximate surface area is 141 Å². The van der Waals surface area contributed by atoms with Crippen molar-refractivity contribution in [2.45, 2.75) is 32.6 Å². The minimum absolute atomic E-state index is 0.135. The highest BCUT2D eigenvalue weighted by atomic mass is 32.1. The second-order valence-corrected chi connectivity index (χ2v) is 7.07. The van der Waals surface area contributed by atoms with Crippen molar-refractivity contribution in [1.29, 1.82) is 0 Å². The quantitative estimate of drug-likeness (QED) is 0.935. The van der Waals surface area contributed by atoms with E-state index in [1.807, 2.05) is 0 Å². The Bertz CT molecular complexity index is 663. The number of aromatic nitrogens is 1. The maximum atomic E-state index is 11.6. The second-order valence-electron chi connectivity index (χ2n) is 6.23.